The molecule has 1 fully saturated rings. The minimum atomic E-state index is -1.24. The van der Waals surface area contributed by atoms with Gasteiger partial charge in [0.15, 0.2) is 0 Å². The van der Waals surface area contributed by atoms with Crippen LogP contribution in [0.4, 0.5) is 26.2 Å². The highest BCUT2D eigenvalue weighted by Gasteiger charge is 2.39. The van der Waals surface area contributed by atoms with Crippen LogP contribution < -0.4 is 15.5 Å². The van der Waals surface area contributed by atoms with Crippen LogP contribution in [0.1, 0.15) is 0 Å². The summed E-state index contributed by atoms with van der Waals surface area (Å²) in [7, 11) is 0. The Hall–Kier alpha value is -3.82. The summed E-state index contributed by atoms with van der Waals surface area (Å²) in [6.07, 6.45) is 0. The number of benzene rings is 2. The highest BCUT2D eigenvalue weighted by Crippen LogP contribution is 2.22. The molecule has 1 unspecified atom stereocenters. The second kappa shape index (κ2) is 7.20. The standard InChI is InChI=1S/C17H13FN4O5/c18-10-4-6-12(7-5-10)21-16(24)14(9-19-17(21)25)15(23)20-11-2-1-3-13(8-11)22(26)27/h1-8,14H,9H2,(H,19,25)(H,20,23). The van der Waals surface area contributed by atoms with Gasteiger partial charge in [0.25, 0.3) is 5.69 Å². The number of halogens is 1. The number of carbonyl (C=O) groups is 3. The number of amides is 4. The Kier molecular flexibility index (Phi) is 4.79. The molecule has 0 spiro atoms. The number of nitrogens with zero attached hydrogens (tertiary/aromatic N) is 2. The summed E-state index contributed by atoms with van der Waals surface area (Å²) in [4.78, 5) is 48.1. The van der Waals surface area contributed by atoms with Gasteiger partial charge in [0, 0.05) is 24.4 Å². The van der Waals surface area contributed by atoms with Gasteiger partial charge in [-0.25, -0.2) is 14.1 Å². The van der Waals surface area contributed by atoms with E-state index in [1.807, 2.05) is 0 Å². The predicted molar refractivity (Wildman–Crippen MR) is 92.5 cm³/mol. The zero-order valence-electron chi connectivity index (χ0n) is 13.7. The highest BCUT2D eigenvalue weighted by molar-refractivity contribution is 6.23. The minimum Gasteiger partial charge on any atom is -0.336 e. The number of nitro groups is 1. The molecule has 2 N–H and O–H groups in total. The van der Waals surface area contributed by atoms with E-state index in [4.69, 9.17) is 0 Å². The van der Waals surface area contributed by atoms with Crippen LogP contribution >= 0.6 is 0 Å². The van der Waals surface area contributed by atoms with E-state index in [1.165, 1.54) is 30.3 Å². The molecular weight excluding hydrogens is 359 g/mol. The van der Waals surface area contributed by atoms with Crippen LogP contribution in [0.3, 0.4) is 0 Å². The van der Waals surface area contributed by atoms with Crippen molar-refractivity contribution in [2.45, 2.75) is 0 Å². The van der Waals surface area contributed by atoms with Gasteiger partial charge in [-0.05, 0) is 30.3 Å². The van der Waals surface area contributed by atoms with Crippen molar-refractivity contribution in [2.75, 3.05) is 16.8 Å². The molecule has 1 saturated heterocycles. The van der Waals surface area contributed by atoms with E-state index in [1.54, 1.807) is 0 Å². The molecule has 1 aliphatic rings. The predicted octanol–water partition coefficient (Wildman–Crippen LogP) is 2.04. The minimum absolute atomic E-state index is 0.117. The van der Waals surface area contributed by atoms with Crippen molar-refractivity contribution in [3.05, 3.63) is 64.5 Å². The number of hydrogen-bond donors (Lipinski definition) is 2. The molecule has 1 heterocycles. The Morgan fingerprint density at radius 2 is 1.93 bits per heavy atom. The molecule has 0 saturated carbocycles. The molecule has 1 atom stereocenters. The fourth-order valence-corrected chi connectivity index (χ4v) is 2.58. The number of urea groups is 1. The fraction of sp³-hybridized carbons (Fsp3) is 0.118. The largest absolute Gasteiger partial charge is 0.336 e. The molecular formula is C17H13FN4O5. The molecule has 0 bridgehead atoms. The summed E-state index contributed by atoms with van der Waals surface area (Å²) in [5.41, 5.74) is 0.0444. The van der Waals surface area contributed by atoms with Crippen molar-refractivity contribution in [1.82, 2.24) is 5.32 Å². The maximum atomic E-state index is 13.1. The maximum absolute atomic E-state index is 13.1. The molecule has 27 heavy (non-hydrogen) atoms. The van der Waals surface area contributed by atoms with Gasteiger partial charge in [0.05, 0.1) is 10.6 Å². The molecule has 0 aliphatic carbocycles. The van der Waals surface area contributed by atoms with Crippen LogP contribution in [0.15, 0.2) is 48.5 Å². The first-order chi connectivity index (χ1) is 12.9. The Morgan fingerprint density at radius 1 is 1.22 bits per heavy atom. The van der Waals surface area contributed by atoms with Crippen LogP contribution in [-0.4, -0.2) is 29.3 Å². The number of hydrogen-bond acceptors (Lipinski definition) is 5. The van der Waals surface area contributed by atoms with Crippen molar-refractivity contribution < 1.29 is 23.7 Å². The van der Waals surface area contributed by atoms with E-state index in [0.29, 0.717) is 0 Å². The zero-order chi connectivity index (χ0) is 19.6. The second-order valence-electron chi connectivity index (χ2n) is 5.69. The number of nitrogens with one attached hydrogen (secondary N) is 2. The summed E-state index contributed by atoms with van der Waals surface area (Å²) < 4.78 is 13.1. The summed E-state index contributed by atoms with van der Waals surface area (Å²) in [6.45, 7) is -0.226. The number of rotatable bonds is 4. The number of imide groups is 1. The van der Waals surface area contributed by atoms with Gasteiger partial charge in [-0.1, -0.05) is 6.07 Å². The highest BCUT2D eigenvalue weighted by atomic mass is 19.1. The van der Waals surface area contributed by atoms with Gasteiger partial charge < -0.3 is 10.6 Å². The summed E-state index contributed by atoms with van der Waals surface area (Å²) in [5, 5.41) is 15.7. The van der Waals surface area contributed by atoms with Crippen molar-refractivity contribution in [1.29, 1.82) is 0 Å². The van der Waals surface area contributed by atoms with E-state index in [0.717, 1.165) is 23.1 Å². The lowest BCUT2D eigenvalue weighted by Crippen LogP contribution is -2.58. The summed E-state index contributed by atoms with van der Waals surface area (Å²) in [6, 6.07) is 9.18. The summed E-state index contributed by atoms with van der Waals surface area (Å²) >= 11 is 0. The monoisotopic (exact) mass is 372 g/mol. The topological polar surface area (TPSA) is 122 Å². The van der Waals surface area contributed by atoms with Crippen molar-refractivity contribution in [3.8, 4) is 0 Å². The maximum Gasteiger partial charge on any atom is 0.328 e. The zero-order valence-corrected chi connectivity index (χ0v) is 13.7. The Bertz CT molecular complexity index is 931. The third kappa shape index (κ3) is 3.73. The van der Waals surface area contributed by atoms with Gasteiger partial charge in [-0.3, -0.25) is 19.7 Å². The smallest absolute Gasteiger partial charge is 0.328 e. The van der Waals surface area contributed by atoms with Crippen molar-refractivity contribution >= 4 is 34.9 Å². The summed E-state index contributed by atoms with van der Waals surface area (Å²) in [5.74, 6) is -3.29. The quantitative estimate of drug-likeness (QED) is 0.483. The molecule has 2 aromatic carbocycles. The normalized spacial score (nSPS) is 16.6. The number of non-ortho nitro benzene ring substituents is 1. The van der Waals surface area contributed by atoms with Gasteiger partial charge in [0.2, 0.25) is 11.8 Å². The SMILES string of the molecule is O=C(Nc1cccc([N+](=O)[O-])c1)C1CNC(=O)N(c2ccc(F)cc2)C1=O. The van der Waals surface area contributed by atoms with E-state index in [9.17, 15) is 28.9 Å². The van der Waals surface area contributed by atoms with Crippen LogP contribution in [0.25, 0.3) is 0 Å². The van der Waals surface area contributed by atoms with Crippen LogP contribution in [0.5, 0.6) is 0 Å². The van der Waals surface area contributed by atoms with E-state index >= 15 is 0 Å². The van der Waals surface area contributed by atoms with Crippen LogP contribution in [0, 0.1) is 21.8 Å². The second-order valence-corrected chi connectivity index (χ2v) is 5.69. The number of anilines is 2. The van der Waals surface area contributed by atoms with E-state index < -0.39 is 34.5 Å². The number of carbonyl (C=O) groups excluding carboxylic acids is 3. The molecule has 0 radical (unpaired) electrons. The van der Waals surface area contributed by atoms with Gasteiger partial charge in [-0.15, -0.1) is 0 Å². The molecule has 0 aromatic heterocycles. The van der Waals surface area contributed by atoms with Gasteiger partial charge in [-0.2, -0.15) is 0 Å². The molecule has 1 aliphatic heterocycles. The van der Waals surface area contributed by atoms with E-state index in [-0.39, 0.29) is 23.6 Å². The lowest BCUT2D eigenvalue weighted by Gasteiger charge is -2.30. The molecule has 4 amide bonds. The van der Waals surface area contributed by atoms with E-state index in [2.05, 4.69) is 10.6 Å². The average Bonchev–Trinajstić information content (AvgIpc) is 2.63. The van der Waals surface area contributed by atoms with Crippen LogP contribution in [0.2, 0.25) is 0 Å². The first kappa shape index (κ1) is 18.0. The fourth-order valence-electron chi connectivity index (χ4n) is 2.58. The number of nitro benzene ring substituents is 1. The van der Waals surface area contributed by atoms with Gasteiger partial charge in [0.1, 0.15) is 11.7 Å². The first-order valence-electron chi connectivity index (χ1n) is 7.79. The molecule has 138 valence electrons. The molecule has 3 rings (SSSR count). The third-order valence-electron chi connectivity index (χ3n) is 3.90. The molecule has 9 nitrogen and oxygen atoms in total. The Labute approximate surface area is 151 Å². The first-order valence-corrected chi connectivity index (χ1v) is 7.79. The average molecular weight is 372 g/mol. The van der Waals surface area contributed by atoms with Gasteiger partial charge >= 0.3 is 6.03 Å². The Balaban J connectivity index is 1.80. The Morgan fingerprint density at radius 3 is 2.59 bits per heavy atom. The van der Waals surface area contributed by atoms with Crippen molar-refractivity contribution in [3.63, 3.8) is 0 Å². The lowest BCUT2D eigenvalue weighted by molar-refractivity contribution is -0.384. The molecule has 10 heteroatoms. The lowest BCUT2D eigenvalue weighted by atomic mass is 10.0. The van der Waals surface area contributed by atoms with Crippen LogP contribution in [-0.2, 0) is 9.59 Å². The third-order valence-corrected chi connectivity index (χ3v) is 3.90. The van der Waals surface area contributed by atoms with Crippen molar-refractivity contribution in [2.24, 2.45) is 5.92 Å². The molecule has 2 aromatic rings.